The highest BCUT2D eigenvalue weighted by Crippen LogP contribution is 2.38. The van der Waals surface area contributed by atoms with Crippen LogP contribution in [0.4, 0.5) is 4.39 Å². The average Bonchev–Trinajstić information content (AvgIpc) is 3.54. The van der Waals surface area contributed by atoms with Gasteiger partial charge in [0, 0.05) is 40.7 Å². The fraction of sp³-hybridized carbons (Fsp3) is 0.414. The van der Waals surface area contributed by atoms with Gasteiger partial charge in [0.15, 0.2) is 5.82 Å². The first-order valence-electron chi connectivity index (χ1n) is 13.2. The summed E-state index contributed by atoms with van der Waals surface area (Å²) in [6.45, 7) is 8.01. The summed E-state index contributed by atoms with van der Waals surface area (Å²) in [6, 6.07) is 7.54. The van der Waals surface area contributed by atoms with E-state index in [9.17, 15) is 9.65 Å². The van der Waals surface area contributed by atoms with Crippen molar-refractivity contribution >= 4 is 23.6 Å². The van der Waals surface area contributed by atoms with E-state index in [-0.39, 0.29) is 5.03 Å². The summed E-state index contributed by atoms with van der Waals surface area (Å²) in [5.41, 5.74) is 4.14. The minimum atomic E-state index is -0.395. The summed E-state index contributed by atoms with van der Waals surface area (Å²) in [5, 5.41) is 19.1. The Morgan fingerprint density at radius 2 is 2.00 bits per heavy atom. The molecule has 39 heavy (non-hydrogen) atoms. The second kappa shape index (κ2) is 13.0. The van der Waals surface area contributed by atoms with Crippen molar-refractivity contribution in [3.8, 4) is 17.2 Å². The van der Waals surface area contributed by atoms with E-state index in [1.165, 1.54) is 44.1 Å². The van der Waals surface area contributed by atoms with Crippen LogP contribution >= 0.6 is 11.8 Å². The van der Waals surface area contributed by atoms with Crippen LogP contribution in [0.3, 0.4) is 0 Å². The minimum absolute atomic E-state index is 0.263. The van der Waals surface area contributed by atoms with Gasteiger partial charge in [-0.2, -0.15) is 15.5 Å². The maximum atomic E-state index is 14.4. The number of carbonyl (C=O) groups is 1. The largest absolute Gasteiger partial charge is 0.306 e. The second-order valence-corrected chi connectivity index (χ2v) is 10.8. The average molecular weight is 548 g/mol. The Balaban J connectivity index is 0.00000112. The number of aldehydes is 1. The van der Waals surface area contributed by atoms with Gasteiger partial charge in [0.2, 0.25) is 0 Å². The molecule has 10 heteroatoms. The molecule has 4 aromatic heterocycles. The van der Waals surface area contributed by atoms with Gasteiger partial charge in [0.05, 0.1) is 29.5 Å². The van der Waals surface area contributed by atoms with Crippen molar-refractivity contribution in [2.75, 3.05) is 20.1 Å². The zero-order chi connectivity index (χ0) is 27.9. The number of carbonyl (C=O) groups excluding carboxylic acids is 1. The SMILES string of the molecule is CC=O.CCN(C)CC1CCC(n2ncc(-c3cc(Sc4ncccc4F)c4c(C#N)cnn4c3)c2C)CC1. The molecule has 0 radical (unpaired) electrons. The molecule has 1 aliphatic carbocycles. The normalized spacial score (nSPS) is 17.1. The molecule has 1 aliphatic rings. The van der Waals surface area contributed by atoms with Gasteiger partial charge in [-0.1, -0.05) is 18.7 Å². The molecule has 0 atom stereocenters. The topological polar surface area (TPSA) is 92.1 Å². The van der Waals surface area contributed by atoms with E-state index in [0.29, 0.717) is 17.1 Å². The molecule has 0 aliphatic heterocycles. The van der Waals surface area contributed by atoms with Crippen LogP contribution < -0.4 is 0 Å². The second-order valence-electron chi connectivity index (χ2n) is 9.80. The van der Waals surface area contributed by atoms with Crippen LogP contribution in [0.25, 0.3) is 16.6 Å². The molecule has 8 nitrogen and oxygen atoms in total. The van der Waals surface area contributed by atoms with Gasteiger partial charge >= 0.3 is 0 Å². The summed E-state index contributed by atoms with van der Waals surface area (Å²) in [7, 11) is 2.20. The Bertz CT molecular complexity index is 1470. The lowest BCUT2D eigenvalue weighted by atomic mass is 9.85. The lowest BCUT2D eigenvalue weighted by Gasteiger charge is -2.31. The first-order valence-corrected chi connectivity index (χ1v) is 14.0. The lowest BCUT2D eigenvalue weighted by Crippen LogP contribution is -2.29. The predicted octanol–water partition coefficient (Wildman–Crippen LogP) is 5.95. The van der Waals surface area contributed by atoms with Crippen molar-refractivity contribution in [3.05, 3.63) is 60.1 Å². The molecule has 0 saturated heterocycles. The number of hydrogen-bond acceptors (Lipinski definition) is 7. The Labute approximate surface area is 232 Å². The van der Waals surface area contributed by atoms with Gasteiger partial charge in [0.1, 0.15) is 17.4 Å². The first kappa shape index (κ1) is 28.5. The number of aromatic nitrogens is 5. The smallest absolute Gasteiger partial charge is 0.155 e. The molecule has 0 bridgehead atoms. The fourth-order valence-corrected chi connectivity index (χ4v) is 6.13. The van der Waals surface area contributed by atoms with Crippen molar-refractivity contribution in [2.45, 2.75) is 62.4 Å². The van der Waals surface area contributed by atoms with Crippen LogP contribution in [0.5, 0.6) is 0 Å². The first-order chi connectivity index (χ1) is 18.9. The third-order valence-corrected chi connectivity index (χ3v) is 8.28. The van der Waals surface area contributed by atoms with Crippen molar-refractivity contribution in [3.63, 3.8) is 0 Å². The molecule has 4 heterocycles. The quantitative estimate of drug-likeness (QED) is 0.264. The Morgan fingerprint density at radius 1 is 1.26 bits per heavy atom. The Kier molecular flexibility index (Phi) is 9.49. The molecule has 0 unspecified atom stereocenters. The van der Waals surface area contributed by atoms with E-state index >= 15 is 0 Å². The predicted molar refractivity (Wildman–Crippen MR) is 150 cm³/mol. The van der Waals surface area contributed by atoms with E-state index in [1.54, 1.807) is 23.0 Å². The van der Waals surface area contributed by atoms with E-state index in [4.69, 9.17) is 9.89 Å². The monoisotopic (exact) mass is 547 g/mol. The molecule has 4 aromatic rings. The molecule has 0 spiro atoms. The number of hydrogen-bond donors (Lipinski definition) is 0. The van der Waals surface area contributed by atoms with E-state index in [0.717, 1.165) is 53.3 Å². The van der Waals surface area contributed by atoms with Gasteiger partial charge in [0.25, 0.3) is 0 Å². The van der Waals surface area contributed by atoms with Crippen LogP contribution in [-0.4, -0.2) is 55.7 Å². The number of halogens is 1. The Morgan fingerprint density at radius 3 is 2.67 bits per heavy atom. The van der Waals surface area contributed by atoms with E-state index in [2.05, 4.69) is 46.6 Å². The standard InChI is InChI=1S/C27H30FN7S.C2H4O/c1-4-33(3)16-19-7-9-22(10-8-19)35-18(2)23(15-32-35)20-12-25(36-27-24(28)6-5-11-30-27)26-21(13-29)14-31-34(26)17-20;1-2-3/h5-6,11-12,14-15,17,19,22H,4,7-10,16H2,1-3H3;2H,1H3. The number of fused-ring (bicyclic) bond motifs is 1. The van der Waals surface area contributed by atoms with Gasteiger partial charge in [-0.25, -0.2) is 13.9 Å². The number of rotatable bonds is 7. The van der Waals surface area contributed by atoms with E-state index in [1.807, 2.05) is 18.5 Å². The fourth-order valence-electron chi connectivity index (χ4n) is 5.16. The summed E-state index contributed by atoms with van der Waals surface area (Å²) in [4.78, 5) is 16.1. The van der Waals surface area contributed by atoms with Crippen LogP contribution in [0.1, 0.15) is 56.8 Å². The molecule has 1 saturated carbocycles. The molecule has 5 rings (SSSR count). The molecule has 0 N–H and O–H groups in total. The minimum Gasteiger partial charge on any atom is -0.306 e. The third-order valence-electron chi connectivity index (χ3n) is 7.26. The van der Waals surface area contributed by atoms with Gasteiger partial charge in [-0.15, -0.1) is 0 Å². The molecule has 0 aromatic carbocycles. The zero-order valence-corrected chi connectivity index (χ0v) is 23.7. The highest BCUT2D eigenvalue weighted by Gasteiger charge is 2.26. The summed E-state index contributed by atoms with van der Waals surface area (Å²) >= 11 is 1.20. The number of pyridine rings is 2. The van der Waals surface area contributed by atoms with Crippen molar-refractivity contribution in [1.29, 1.82) is 5.26 Å². The van der Waals surface area contributed by atoms with E-state index < -0.39 is 5.82 Å². The van der Waals surface area contributed by atoms with Crippen LogP contribution in [0.15, 0.2) is 52.9 Å². The van der Waals surface area contributed by atoms with Crippen LogP contribution in [-0.2, 0) is 4.79 Å². The summed E-state index contributed by atoms with van der Waals surface area (Å²) in [5.74, 6) is 0.360. The maximum Gasteiger partial charge on any atom is 0.155 e. The number of nitrogens with zero attached hydrogens (tertiary/aromatic N) is 7. The van der Waals surface area contributed by atoms with Crippen molar-refractivity contribution in [2.24, 2.45) is 5.92 Å². The van der Waals surface area contributed by atoms with Crippen LogP contribution in [0.2, 0.25) is 0 Å². The highest BCUT2D eigenvalue weighted by molar-refractivity contribution is 7.99. The van der Waals surface area contributed by atoms with Gasteiger partial charge in [-0.3, -0.25) is 4.68 Å². The van der Waals surface area contributed by atoms with Crippen LogP contribution in [0, 0.1) is 30.0 Å². The lowest BCUT2D eigenvalue weighted by molar-refractivity contribution is -0.106. The molecule has 204 valence electrons. The molecule has 1 fully saturated rings. The van der Waals surface area contributed by atoms with Gasteiger partial charge in [-0.05, 0) is 77.2 Å². The molecular weight excluding hydrogens is 513 g/mol. The van der Waals surface area contributed by atoms with Crippen molar-refractivity contribution < 1.29 is 9.18 Å². The van der Waals surface area contributed by atoms with Crippen molar-refractivity contribution in [1.82, 2.24) is 29.3 Å². The summed E-state index contributed by atoms with van der Waals surface area (Å²) in [6.07, 6.45) is 12.4. The third kappa shape index (κ3) is 6.37. The molecular formula is C29H34FN7OS. The zero-order valence-electron chi connectivity index (χ0n) is 22.8. The Hall–Kier alpha value is -3.55. The summed E-state index contributed by atoms with van der Waals surface area (Å²) < 4.78 is 18.3. The maximum absolute atomic E-state index is 14.4. The van der Waals surface area contributed by atoms with Gasteiger partial charge < -0.3 is 9.69 Å². The number of nitriles is 1. The molecule has 0 amide bonds. The highest BCUT2D eigenvalue weighted by atomic mass is 32.2.